The molecule has 2 nitrogen and oxygen atoms in total. The first kappa shape index (κ1) is 9.31. The zero-order valence-electron chi connectivity index (χ0n) is 8.83. The molecule has 1 N–H and O–H groups in total. The highest BCUT2D eigenvalue weighted by atomic mass is 79.9. The summed E-state index contributed by atoms with van der Waals surface area (Å²) in [5.41, 5.74) is 2.88. The van der Waals surface area contributed by atoms with E-state index >= 15 is 0 Å². The number of nitrogens with one attached hydrogen (secondary N) is 1. The average Bonchev–Trinajstić information content (AvgIpc) is 2.84. The number of halogens is 1. The molecule has 2 heterocycles. The average molecular weight is 286 g/mol. The summed E-state index contributed by atoms with van der Waals surface area (Å²) in [6, 6.07) is 14.3. The molecule has 2 aromatic carbocycles. The van der Waals surface area contributed by atoms with Crippen molar-refractivity contribution in [3.8, 4) is 0 Å². The number of furan rings is 1. The predicted octanol–water partition coefficient (Wildman–Crippen LogP) is 4.83. The van der Waals surface area contributed by atoms with Crippen LogP contribution in [0.4, 0.5) is 0 Å². The van der Waals surface area contributed by atoms with Gasteiger partial charge in [-0.15, -0.1) is 0 Å². The molecule has 0 amide bonds. The van der Waals surface area contributed by atoms with E-state index in [1.807, 2.05) is 24.3 Å². The van der Waals surface area contributed by atoms with Gasteiger partial charge in [-0.3, -0.25) is 0 Å². The summed E-state index contributed by atoms with van der Waals surface area (Å²) >= 11 is 3.51. The number of H-pyrrole nitrogens is 1. The van der Waals surface area contributed by atoms with E-state index in [-0.39, 0.29) is 0 Å². The zero-order chi connectivity index (χ0) is 11.4. The van der Waals surface area contributed by atoms with Crippen molar-refractivity contribution in [1.82, 2.24) is 4.98 Å². The van der Waals surface area contributed by atoms with Gasteiger partial charge in [-0.25, -0.2) is 0 Å². The van der Waals surface area contributed by atoms with Gasteiger partial charge in [-0.2, -0.15) is 0 Å². The minimum Gasteiger partial charge on any atom is -0.440 e. The fraction of sp³-hybridized carbons (Fsp3) is 0. The van der Waals surface area contributed by atoms with Crippen molar-refractivity contribution in [2.24, 2.45) is 0 Å². The van der Waals surface area contributed by atoms with Crippen LogP contribution in [0.15, 0.2) is 51.4 Å². The molecule has 2 aromatic heterocycles. The summed E-state index contributed by atoms with van der Waals surface area (Å²) in [6.45, 7) is 0. The highest BCUT2D eigenvalue weighted by molar-refractivity contribution is 9.10. The Bertz CT molecular complexity index is 856. The molecule has 82 valence electrons. The smallest absolute Gasteiger partial charge is 0.206 e. The summed E-state index contributed by atoms with van der Waals surface area (Å²) in [4.78, 5) is 3.31. The van der Waals surface area contributed by atoms with Crippen molar-refractivity contribution < 1.29 is 4.42 Å². The minimum absolute atomic E-state index is 0.847. The number of rotatable bonds is 0. The molecule has 0 aliphatic heterocycles. The Hall–Kier alpha value is -1.74. The third-order valence-electron chi connectivity index (χ3n) is 3.09. The molecule has 0 fully saturated rings. The largest absolute Gasteiger partial charge is 0.440 e. The third kappa shape index (κ3) is 1.20. The lowest BCUT2D eigenvalue weighted by atomic mass is 10.1. The second-order valence-electron chi connectivity index (χ2n) is 4.12. The molecule has 0 spiro atoms. The van der Waals surface area contributed by atoms with E-state index in [2.05, 4.69) is 39.1 Å². The first-order valence-electron chi connectivity index (χ1n) is 5.41. The van der Waals surface area contributed by atoms with E-state index in [1.165, 1.54) is 5.39 Å². The number of hydrogen-bond donors (Lipinski definition) is 1. The standard InChI is InChI=1S/C14H8BrNO/c15-8-5-6-11-10(7-8)13-9-3-1-2-4-12(9)17-14(13)16-11/h1-7,16H. The number of fused-ring (bicyclic) bond motifs is 5. The van der Waals surface area contributed by atoms with Crippen molar-refractivity contribution >= 4 is 48.9 Å². The van der Waals surface area contributed by atoms with E-state index < -0.39 is 0 Å². The Labute approximate surface area is 105 Å². The first-order valence-corrected chi connectivity index (χ1v) is 6.21. The van der Waals surface area contributed by atoms with Gasteiger partial charge in [0.15, 0.2) is 0 Å². The highest BCUT2D eigenvalue weighted by Gasteiger charge is 2.12. The van der Waals surface area contributed by atoms with Crippen LogP contribution in [0, 0.1) is 0 Å². The molecule has 0 saturated heterocycles. The van der Waals surface area contributed by atoms with Crippen molar-refractivity contribution in [3.63, 3.8) is 0 Å². The van der Waals surface area contributed by atoms with Crippen LogP contribution >= 0.6 is 15.9 Å². The summed E-state index contributed by atoms with van der Waals surface area (Å²) < 4.78 is 6.89. The fourth-order valence-corrected chi connectivity index (χ4v) is 2.72. The van der Waals surface area contributed by atoms with Crippen LogP contribution in [0.2, 0.25) is 0 Å². The zero-order valence-corrected chi connectivity index (χ0v) is 10.4. The molecule has 17 heavy (non-hydrogen) atoms. The van der Waals surface area contributed by atoms with Gasteiger partial charge in [-0.05, 0) is 24.3 Å². The van der Waals surface area contributed by atoms with Crippen molar-refractivity contribution in [1.29, 1.82) is 0 Å². The third-order valence-corrected chi connectivity index (χ3v) is 3.59. The fourth-order valence-electron chi connectivity index (χ4n) is 2.36. The maximum atomic E-state index is 5.81. The van der Waals surface area contributed by atoms with E-state index in [9.17, 15) is 0 Å². The first-order chi connectivity index (χ1) is 8.33. The molecule has 0 unspecified atom stereocenters. The molecule has 0 aliphatic rings. The maximum Gasteiger partial charge on any atom is 0.206 e. The van der Waals surface area contributed by atoms with Gasteiger partial charge in [0, 0.05) is 20.8 Å². The van der Waals surface area contributed by atoms with E-state index in [0.29, 0.717) is 0 Å². The van der Waals surface area contributed by atoms with Crippen molar-refractivity contribution in [3.05, 3.63) is 46.9 Å². The van der Waals surface area contributed by atoms with Gasteiger partial charge in [0.05, 0.1) is 5.39 Å². The lowest BCUT2D eigenvalue weighted by Crippen LogP contribution is -1.69. The SMILES string of the molecule is Brc1ccc2[nH]c3oc4ccccc4c3c2c1. The lowest BCUT2D eigenvalue weighted by Gasteiger charge is -1.92. The number of aromatic amines is 1. The topological polar surface area (TPSA) is 28.9 Å². The van der Waals surface area contributed by atoms with E-state index in [4.69, 9.17) is 4.42 Å². The number of aromatic nitrogens is 1. The highest BCUT2D eigenvalue weighted by Crippen LogP contribution is 2.35. The number of para-hydroxylation sites is 1. The summed E-state index contributed by atoms with van der Waals surface area (Å²) in [6.07, 6.45) is 0. The monoisotopic (exact) mass is 285 g/mol. The van der Waals surface area contributed by atoms with E-state index in [1.54, 1.807) is 0 Å². The van der Waals surface area contributed by atoms with Crippen LogP contribution in [-0.2, 0) is 0 Å². The molecule has 0 radical (unpaired) electrons. The van der Waals surface area contributed by atoms with Crippen LogP contribution in [0.25, 0.3) is 33.0 Å². The quantitative estimate of drug-likeness (QED) is 0.493. The Kier molecular flexibility index (Phi) is 1.72. The van der Waals surface area contributed by atoms with Crippen molar-refractivity contribution in [2.75, 3.05) is 0 Å². The molecule has 0 bridgehead atoms. The minimum atomic E-state index is 0.847. The molecule has 0 atom stereocenters. The summed E-state index contributed by atoms with van der Waals surface area (Å²) in [5, 5.41) is 3.52. The molecule has 3 heteroatoms. The molecular formula is C14H8BrNO. The van der Waals surface area contributed by atoms with Crippen molar-refractivity contribution in [2.45, 2.75) is 0 Å². The van der Waals surface area contributed by atoms with Crippen LogP contribution in [0.3, 0.4) is 0 Å². The van der Waals surface area contributed by atoms with Crippen LogP contribution in [0.1, 0.15) is 0 Å². The van der Waals surface area contributed by atoms with Gasteiger partial charge >= 0.3 is 0 Å². The molecule has 0 saturated carbocycles. The van der Waals surface area contributed by atoms with Gasteiger partial charge < -0.3 is 9.40 Å². The maximum absolute atomic E-state index is 5.81. The van der Waals surface area contributed by atoms with Crippen LogP contribution in [0.5, 0.6) is 0 Å². The molecule has 0 aliphatic carbocycles. The van der Waals surface area contributed by atoms with Gasteiger partial charge in [0.2, 0.25) is 5.71 Å². The van der Waals surface area contributed by atoms with Gasteiger partial charge in [0.1, 0.15) is 5.58 Å². The lowest BCUT2D eigenvalue weighted by molar-refractivity contribution is 0.657. The normalized spacial score (nSPS) is 11.8. The summed E-state index contributed by atoms with van der Waals surface area (Å²) in [7, 11) is 0. The Morgan fingerprint density at radius 1 is 1.00 bits per heavy atom. The number of benzene rings is 2. The van der Waals surface area contributed by atoms with E-state index in [0.717, 1.165) is 32.1 Å². The van der Waals surface area contributed by atoms with Crippen LogP contribution < -0.4 is 0 Å². The molecule has 4 rings (SSSR count). The second-order valence-corrected chi connectivity index (χ2v) is 5.03. The van der Waals surface area contributed by atoms with Gasteiger partial charge in [-0.1, -0.05) is 34.1 Å². The Balaban J connectivity index is 2.33. The Morgan fingerprint density at radius 2 is 1.88 bits per heavy atom. The second kappa shape index (κ2) is 3.14. The summed E-state index contributed by atoms with van der Waals surface area (Å²) in [5.74, 6) is 0. The van der Waals surface area contributed by atoms with Crippen LogP contribution in [-0.4, -0.2) is 4.98 Å². The molecular weight excluding hydrogens is 278 g/mol. The molecule has 4 aromatic rings. The number of hydrogen-bond acceptors (Lipinski definition) is 1. The Morgan fingerprint density at radius 3 is 2.82 bits per heavy atom. The van der Waals surface area contributed by atoms with Gasteiger partial charge in [0.25, 0.3) is 0 Å². The predicted molar refractivity (Wildman–Crippen MR) is 73.3 cm³/mol.